The first-order chi connectivity index (χ1) is 9.35. The summed E-state index contributed by atoms with van der Waals surface area (Å²) in [7, 11) is 1.78. The van der Waals surface area contributed by atoms with Crippen LogP contribution in [0.2, 0.25) is 0 Å². The highest BCUT2D eigenvalue weighted by atomic mass is 16.5. The molecule has 0 amide bonds. The molecule has 100 valence electrons. The summed E-state index contributed by atoms with van der Waals surface area (Å²) in [5, 5.41) is 2.87. The van der Waals surface area contributed by atoms with E-state index in [0.29, 0.717) is 25.6 Å². The number of benzene rings is 1. The molecule has 1 aromatic heterocycles. The van der Waals surface area contributed by atoms with Crippen LogP contribution in [0.1, 0.15) is 17.7 Å². The van der Waals surface area contributed by atoms with Gasteiger partial charge in [-0.15, -0.1) is 0 Å². The monoisotopic (exact) mass is 260 g/mol. The summed E-state index contributed by atoms with van der Waals surface area (Å²) < 4.78 is 16.5. The molecule has 2 aromatic rings. The summed E-state index contributed by atoms with van der Waals surface area (Å²) in [4.78, 5) is 4.30. The van der Waals surface area contributed by atoms with Gasteiger partial charge in [0.2, 0.25) is 0 Å². The van der Waals surface area contributed by atoms with E-state index in [1.54, 1.807) is 13.3 Å². The lowest BCUT2D eigenvalue weighted by atomic mass is 10.1. The third kappa shape index (κ3) is 2.65. The highest BCUT2D eigenvalue weighted by Crippen LogP contribution is 2.31. The van der Waals surface area contributed by atoms with Gasteiger partial charge < -0.3 is 19.2 Å². The fourth-order valence-corrected chi connectivity index (χ4v) is 2.03. The molecular formula is C14H16N2O3. The summed E-state index contributed by atoms with van der Waals surface area (Å²) in [5.74, 6) is 1.63. The number of nitrogens with zero attached hydrogens (tertiary/aromatic N) is 1. The van der Waals surface area contributed by atoms with Gasteiger partial charge in [0.05, 0.1) is 18.9 Å². The number of hydrogen-bond acceptors (Lipinski definition) is 5. The maximum atomic E-state index is 5.67. The number of oxazole rings is 1. The number of nitrogens with one attached hydrogen (secondary N) is 1. The molecule has 0 unspecified atom stereocenters. The molecule has 0 saturated carbocycles. The van der Waals surface area contributed by atoms with Gasteiger partial charge in [-0.1, -0.05) is 6.07 Å². The Morgan fingerprint density at radius 3 is 2.84 bits per heavy atom. The van der Waals surface area contributed by atoms with Gasteiger partial charge in [0.25, 0.3) is 6.01 Å². The first-order valence-electron chi connectivity index (χ1n) is 6.36. The van der Waals surface area contributed by atoms with Crippen molar-refractivity contribution in [2.75, 3.05) is 25.6 Å². The minimum absolute atomic E-state index is 0.532. The van der Waals surface area contributed by atoms with Gasteiger partial charge in [0, 0.05) is 19.9 Å². The Morgan fingerprint density at radius 2 is 2.05 bits per heavy atom. The third-order valence-electron chi connectivity index (χ3n) is 2.96. The fourth-order valence-electron chi connectivity index (χ4n) is 2.03. The Hall–Kier alpha value is -2.17. The van der Waals surface area contributed by atoms with Gasteiger partial charge in [0.1, 0.15) is 6.26 Å². The maximum Gasteiger partial charge on any atom is 0.294 e. The zero-order chi connectivity index (χ0) is 13.1. The van der Waals surface area contributed by atoms with E-state index in [-0.39, 0.29) is 0 Å². The van der Waals surface area contributed by atoms with Gasteiger partial charge in [-0.25, -0.2) is 0 Å². The fraction of sp³-hybridized carbons (Fsp3) is 0.357. The average Bonchev–Trinajstić information content (AvgIpc) is 2.75. The van der Waals surface area contributed by atoms with Crippen molar-refractivity contribution < 1.29 is 13.9 Å². The minimum Gasteiger partial charge on any atom is -0.490 e. The second-order valence-electron chi connectivity index (χ2n) is 4.40. The number of hydrogen-bond donors (Lipinski definition) is 1. The van der Waals surface area contributed by atoms with Crippen LogP contribution in [0.3, 0.4) is 0 Å². The number of ether oxygens (including phenoxy) is 2. The van der Waals surface area contributed by atoms with Crippen molar-refractivity contribution in [2.45, 2.75) is 12.8 Å². The minimum atomic E-state index is 0.532. The number of aromatic nitrogens is 1. The summed E-state index contributed by atoms with van der Waals surface area (Å²) in [6, 6.07) is 6.52. The largest absolute Gasteiger partial charge is 0.490 e. The lowest BCUT2D eigenvalue weighted by molar-refractivity contribution is 0.297. The SMILES string of the molecule is CNc1nc(Cc2ccc3c(c2)OCCCO3)co1. The zero-order valence-electron chi connectivity index (χ0n) is 10.8. The van der Waals surface area contributed by atoms with Crippen LogP contribution in [0.15, 0.2) is 28.9 Å². The van der Waals surface area contributed by atoms with Crippen LogP contribution in [-0.4, -0.2) is 25.2 Å². The molecule has 0 fully saturated rings. The standard InChI is InChI=1S/C14H16N2O3/c1-15-14-16-11(9-19-14)7-10-3-4-12-13(8-10)18-6-2-5-17-12/h3-4,8-9H,2,5-7H2,1H3,(H,15,16). The van der Waals surface area contributed by atoms with E-state index in [0.717, 1.165) is 29.2 Å². The van der Waals surface area contributed by atoms with Crippen LogP contribution in [0, 0.1) is 0 Å². The van der Waals surface area contributed by atoms with Gasteiger partial charge in [-0.05, 0) is 17.7 Å². The Bertz CT molecular complexity index is 566. The van der Waals surface area contributed by atoms with Gasteiger partial charge in [-0.3, -0.25) is 0 Å². The van der Waals surface area contributed by atoms with E-state index in [1.807, 2.05) is 18.2 Å². The van der Waals surface area contributed by atoms with Crippen molar-refractivity contribution in [2.24, 2.45) is 0 Å². The Labute approximate surface area is 111 Å². The molecule has 5 heteroatoms. The summed E-state index contributed by atoms with van der Waals surface area (Å²) in [6.07, 6.45) is 3.29. The molecule has 1 aliphatic rings. The summed E-state index contributed by atoms with van der Waals surface area (Å²) >= 11 is 0. The first-order valence-corrected chi connectivity index (χ1v) is 6.36. The van der Waals surface area contributed by atoms with Crippen molar-refractivity contribution in [3.8, 4) is 11.5 Å². The van der Waals surface area contributed by atoms with Crippen molar-refractivity contribution in [1.29, 1.82) is 0 Å². The van der Waals surface area contributed by atoms with Gasteiger partial charge in [-0.2, -0.15) is 4.98 Å². The summed E-state index contributed by atoms with van der Waals surface area (Å²) in [5.41, 5.74) is 2.01. The Kier molecular flexibility index (Phi) is 3.27. The highest BCUT2D eigenvalue weighted by molar-refractivity contribution is 5.44. The molecule has 1 aliphatic heterocycles. The molecule has 3 rings (SSSR count). The lowest BCUT2D eigenvalue weighted by Gasteiger charge is -2.08. The van der Waals surface area contributed by atoms with Crippen LogP contribution >= 0.6 is 0 Å². The van der Waals surface area contributed by atoms with E-state index in [4.69, 9.17) is 13.9 Å². The molecule has 0 radical (unpaired) electrons. The van der Waals surface area contributed by atoms with Crippen LogP contribution in [-0.2, 0) is 6.42 Å². The van der Waals surface area contributed by atoms with Crippen molar-refractivity contribution in [1.82, 2.24) is 4.98 Å². The molecule has 5 nitrogen and oxygen atoms in total. The number of anilines is 1. The van der Waals surface area contributed by atoms with E-state index < -0.39 is 0 Å². The summed E-state index contributed by atoms with van der Waals surface area (Å²) in [6.45, 7) is 1.41. The predicted molar refractivity (Wildman–Crippen MR) is 70.9 cm³/mol. The van der Waals surface area contributed by atoms with Crippen molar-refractivity contribution >= 4 is 6.01 Å². The average molecular weight is 260 g/mol. The molecule has 0 atom stereocenters. The number of rotatable bonds is 3. The zero-order valence-corrected chi connectivity index (χ0v) is 10.8. The smallest absolute Gasteiger partial charge is 0.294 e. The molecule has 19 heavy (non-hydrogen) atoms. The molecule has 0 saturated heterocycles. The van der Waals surface area contributed by atoms with Crippen LogP contribution in [0.25, 0.3) is 0 Å². The van der Waals surface area contributed by atoms with Crippen molar-refractivity contribution in [3.05, 3.63) is 35.7 Å². The quantitative estimate of drug-likeness (QED) is 0.918. The lowest BCUT2D eigenvalue weighted by Crippen LogP contribution is -1.97. The predicted octanol–water partition coefficient (Wildman–Crippen LogP) is 2.47. The molecule has 1 aromatic carbocycles. The van der Waals surface area contributed by atoms with Gasteiger partial charge in [0.15, 0.2) is 11.5 Å². The van der Waals surface area contributed by atoms with Crippen molar-refractivity contribution in [3.63, 3.8) is 0 Å². The van der Waals surface area contributed by atoms with Gasteiger partial charge >= 0.3 is 0 Å². The second kappa shape index (κ2) is 5.22. The third-order valence-corrected chi connectivity index (χ3v) is 2.96. The second-order valence-corrected chi connectivity index (χ2v) is 4.40. The molecule has 2 heterocycles. The molecular weight excluding hydrogens is 244 g/mol. The molecule has 0 bridgehead atoms. The Morgan fingerprint density at radius 1 is 1.21 bits per heavy atom. The maximum absolute atomic E-state index is 5.67. The van der Waals surface area contributed by atoms with E-state index >= 15 is 0 Å². The molecule has 1 N–H and O–H groups in total. The van der Waals surface area contributed by atoms with E-state index in [2.05, 4.69) is 10.3 Å². The van der Waals surface area contributed by atoms with Crippen LogP contribution < -0.4 is 14.8 Å². The molecule has 0 aliphatic carbocycles. The first kappa shape index (κ1) is 11.9. The number of fused-ring (bicyclic) bond motifs is 1. The molecule has 0 spiro atoms. The normalized spacial score (nSPS) is 13.9. The highest BCUT2D eigenvalue weighted by Gasteiger charge is 2.11. The van der Waals surface area contributed by atoms with E-state index in [9.17, 15) is 0 Å². The topological polar surface area (TPSA) is 56.5 Å². The van der Waals surface area contributed by atoms with Crippen LogP contribution in [0.5, 0.6) is 11.5 Å². The van der Waals surface area contributed by atoms with Crippen LogP contribution in [0.4, 0.5) is 6.01 Å². The van der Waals surface area contributed by atoms with E-state index in [1.165, 1.54) is 0 Å². The Balaban J connectivity index is 1.79.